The summed E-state index contributed by atoms with van der Waals surface area (Å²) < 4.78 is 1.91. The molecule has 178 valence electrons. The van der Waals surface area contributed by atoms with Crippen LogP contribution < -0.4 is 5.56 Å². The Kier molecular flexibility index (Phi) is 6.66. The van der Waals surface area contributed by atoms with Gasteiger partial charge in [0.2, 0.25) is 0 Å². The van der Waals surface area contributed by atoms with Gasteiger partial charge in [0.25, 0.3) is 5.56 Å². The Morgan fingerprint density at radius 2 is 1.76 bits per heavy atom. The van der Waals surface area contributed by atoms with Gasteiger partial charge >= 0.3 is 0 Å². The lowest BCUT2D eigenvalue weighted by Gasteiger charge is -2.35. The number of aromatic nitrogens is 5. The van der Waals surface area contributed by atoms with E-state index in [2.05, 4.69) is 84.3 Å². The number of aryl methyl sites for hydroxylation is 1. The van der Waals surface area contributed by atoms with E-state index in [4.69, 9.17) is 0 Å². The predicted molar refractivity (Wildman–Crippen MR) is 135 cm³/mol. The third-order valence-corrected chi connectivity index (χ3v) is 6.10. The molecule has 34 heavy (non-hydrogen) atoms. The van der Waals surface area contributed by atoms with Crippen LogP contribution in [0.5, 0.6) is 0 Å². The van der Waals surface area contributed by atoms with Crippen molar-refractivity contribution in [2.75, 3.05) is 0 Å². The van der Waals surface area contributed by atoms with E-state index in [0.717, 1.165) is 27.9 Å². The second-order valence-electron chi connectivity index (χ2n) is 10.4. The van der Waals surface area contributed by atoms with E-state index in [0.29, 0.717) is 13.1 Å². The molecule has 0 aliphatic rings. The summed E-state index contributed by atoms with van der Waals surface area (Å²) in [6.45, 7) is 13.8. The summed E-state index contributed by atoms with van der Waals surface area (Å²) in [5.74, 6) is 1.03. The van der Waals surface area contributed by atoms with Crippen LogP contribution in [0.1, 0.15) is 63.2 Å². The van der Waals surface area contributed by atoms with E-state index < -0.39 is 0 Å². The Morgan fingerprint density at radius 3 is 2.44 bits per heavy atom. The molecule has 0 saturated heterocycles. The van der Waals surface area contributed by atoms with Crippen LogP contribution >= 0.6 is 0 Å². The first-order valence-corrected chi connectivity index (χ1v) is 11.8. The molecule has 0 unspecified atom stereocenters. The molecule has 0 amide bonds. The van der Waals surface area contributed by atoms with Gasteiger partial charge in [0.05, 0.1) is 11.6 Å². The summed E-state index contributed by atoms with van der Waals surface area (Å²) in [4.78, 5) is 18.5. The van der Waals surface area contributed by atoms with Crippen molar-refractivity contribution in [3.63, 3.8) is 0 Å². The average Bonchev–Trinajstić information content (AvgIpc) is 3.25. The Labute approximate surface area is 200 Å². The van der Waals surface area contributed by atoms with Gasteiger partial charge < -0.3 is 4.98 Å². The smallest absolute Gasteiger partial charge is 0.252 e. The van der Waals surface area contributed by atoms with Gasteiger partial charge in [0.15, 0.2) is 5.82 Å². The highest BCUT2D eigenvalue weighted by atomic mass is 16.1. The van der Waals surface area contributed by atoms with Crippen LogP contribution in [0.15, 0.2) is 59.4 Å². The van der Waals surface area contributed by atoms with Gasteiger partial charge in [-0.05, 0) is 72.7 Å². The number of rotatable bonds is 7. The fourth-order valence-corrected chi connectivity index (χ4v) is 4.51. The molecule has 0 aliphatic carbocycles. The van der Waals surface area contributed by atoms with Crippen LogP contribution in [0.3, 0.4) is 0 Å². The summed E-state index contributed by atoms with van der Waals surface area (Å²) in [5, 5.41) is 13.8. The van der Waals surface area contributed by atoms with Crippen molar-refractivity contribution >= 4 is 10.9 Å². The molecule has 1 atom stereocenters. The molecule has 7 nitrogen and oxygen atoms in total. The van der Waals surface area contributed by atoms with Crippen LogP contribution in [-0.4, -0.2) is 30.1 Å². The molecule has 0 bridgehead atoms. The number of benzene rings is 2. The van der Waals surface area contributed by atoms with Gasteiger partial charge in [-0.1, -0.05) is 56.3 Å². The van der Waals surface area contributed by atoms with Crippen molar-refractivity contribution in [2.45, 2.75) is 66.2 Å². The highest BCUT2D eigenvalue weighted by Gasteiger charge is 2.32. The highest BCUT2D eigenvalue weighted by Crippen LogP contribution is 2.32. The fourth-order valence-electron chi connectivity index (χ4n) is 4.51. The van der Waals surface area contributed by atoms with Crippen LogP contribution in [0.25, 0.3) is 10.9 Å². The zero-order valence-electron chi connectivity index (χ0n) is 20.9. The number of nitrogens with one attached hydrogen (secondary N) is 1. The van der Waals surface area contributed by atoms with Gasteiger partial charge in [-0.2, -0.15) is 0 Å². The van der Waals surface area contributed by atoms with E-state index in [1.807, 2.05) is 41.9 Å². The van der Waals surface area contributed by atoms with E-state index in [1.54, 1.807) is 0 Å². The standard InChI is InChI=1S/C27H34N6O/c1-18(2)24(25-29-30-31-33(25)27(4,5)6)32(16-20-10-8-7-9-11-20)17-22-15-21-13-12-19(3)14-23(21)28-26(22)34/h7-15,18,24H,16-17H2,1-6H3,(H,28,34)/t24-/m1/s1. The molecular weight excluding hydrogens is 424 g/mol. The lowest BCUT2D eigenvalue weighted by molar-refractivity contribution is 0.120. The lowest BCUT2D eigenvalue weighted by Crippen LogP contribution is -2.37. The van der Waals surface area contributed by atoms with Crippen LogP contribution in [0.4, 0.5) is 0 Å². The predicted octanol–water partition coefficient (Wildman–Crippen LogP) is 4.98. The highest BCUT2D eigenvalue weighted by molar-refractivity contribution is 5.79. The van der Waals surface area contributed by atoms with E-state index in [1.165, 1.54) is 5.56 Å². The largest absolute Gasteiger partial charge is 0.322 e. The summed E-state index contributed by atoms with van der Waals surface area (Å²) >= 11 is 0. The topological polar surface area (TPSA) is 79.7 Å². The zero-order chi connectivity index (χ0) is 24.5. The average molecular weight is 459 g/mol. The molecule has 2 aromatic carbocycles. The van der Waals surface area contributed by atoms with E-state index in [-0.39, 0.29) is 23.1 Å². The number of fused-ring (bicyclic) bond motifs is 1. The maximum atomic E-state index is 13.1. The number of aromatic amines is 1. The van der Waals surface area contributed by atoms with Gasteiger partial charge in [0, 0.05) is 24.2 Å². The van der Waals surface area contributed by atoms with Crippen LogP contribution in [0, 0.1) is 12.8 Å². The van der Waals surface area contributed by atoms with Crippen molar-refractivity contribution in [1.29, 1.82) is 0 Å². The van der Waals surface area contributed by atoms with Crippen molar-refractivity contribution in [3.05, 3.63) is 87.5 Å². The zero-order valence-corrected chi connectivity index (χ0v) is 20.9. The molecule has 1 N–H and O–H groups in total. The molecule has 0 spiro atoms. The number of hydrogen-bond donors (Lipinski definition) is 1. The Hall–Kier alpha value is -3.32. The van der Waals surface area contributed by atoms with E-state index in [9.17, 15) is 4.79 Å². The first-order valence-electron chi connectivity index (χ1n) is 11.8. The number of pyridine rings is 1. The molecule has 0 aliphatic heterocycles. The van der Waals surface area contributed by atoms with Crippen molar-refractivity contribution in [1.82, 2.24) is 30.1 Å². The normalized spacial score (nSPS) is 13.2. The van der Waals surface area contributed by atoms with Crippen molar-refractivity contribution < 1.29 is 0 Å². The Morgan fingerprint density at radius 1 is 1.03 bits per heavy atom. The fraction of sp³-hybridized carbons (Fsp3) is 0.407. The van der Waals surface area contributed by atoms with Gasteiger partial charge in [-0.3, -0.25) is 9.69 Å². The second kappa shape index (κ2) is 9.50. The quantitative estimate of drug-likeness (QED) is 0.423. The second-order valence-corrected chi connectivity index (χ2v) is 10.4. The molecule has 4 rings (SSSR count). The third kappa shape index (κ3) is 5.09. The Bertz CT molecular complexity index is 1320. The van der Waals surface area contributed by atoms with Gasteiger partial charge in [-0.15, -0.1) is 5.10 Å². The van der Waals surface area contributed by atoms with Crippen molar-refractivity contribution in [2.24, 2.45) is 5.92 Å². The number of hydrogen-bond acceptors (Lipinski definition) is 5. The molecule has 2 heterocycles. The molecule has 0 fully saturated rings. The maximum Gasteiger partial charge on any atom is 0.252 e. The van der Waals surface area contributed by atoms with Crippen molar-refractivity contribution in [3.8, 4) is 0 Å². The maximum absolute atomic E-state index is 13.1. The van der Waals surface area contributed by atoms with Gasteiger partial charge in [-0.25, -0.2) is 4.68 Å². The first kappa shape index (κ1) is 23.8. The molecule has 2 aromatic heterocycles. The SMILES string of the molecule is Cc1ccc2cc(CN(Cc3ccccc3)[C@@H](c3nnnn3C(C)(C)C)C(C)C)c(=O)[nH]c2c1. The molecular formula is C27H34N6O. The third-order valence-electron chi connectivity index (χ3n) is 6.10. The summed E-state index contributed by atoms with van der Waals surface area (Å²) in [6, 6.07) is 18.4. The summed E-state index contributed by atoms with van der Waals surface area (Å²) in [6.07, 6.45) is 0. The molecule has 7 heteroatoms. The molecule has 0 saturated carbocycles. The first-order chi connectivity index (χ1) is 16.1. The lowest BCUT2D eigenvalue weighted by atomic mass is 9.98. The van der Waals surface area contributed by atoms with Gasteiger partial charge in [0.1, 0.15) is 0 Å². The minimum atomic E-state index is -0.261. The summed E-state index contributed by atoms with van der Waals surface area (Å²) in [7, 11) is 0. The number of nitrogens with zero attached hydrogens (tertiary/aromatic N) is 5. The minimum Gasteiger partial charge on any atom is -0.322 e. The van der Waals surface area contributed by atoms with E-state index >= 15 is 0 Å². The van der Waals surface area contributed by atoms with Crippen LogP contribution in [-0.2, 0) is 18.6 Å². The number of H-pyrrole nitrogens is 1. The molecule has 0 radical (unpaired) electrons. The Balaban J connectivity index is 1.80. The minimum absolute atomic E-state index is 0.0610. The summed E-state index contributed by atoms with van der Waals surface area (Å²) in [5.41, 5.74) is 3.57. The number of tetrazole rings is 1. The monoisotopic (exact) mass is 458 g/mol. The van der Waals surface area contributed by atoms with Crippen LogP contribution in [0.2, 0.25) is 0 Å². The molecule has 4 aromatic rings.